The van der Waals surface area contributed by atoms with Crippen LogP contribution in [-0.2, 0) is 6.54 Å². The maximum absolute atomic E-state index is 3.52. The van der Waals surface area contributed by atoms with E-state index >= 15 is 0 Å². The van der Waals surface area contributed by atoms with Gasteiger partial charge in [-0.2, -0.15) is 0 Å². The summed E-state index contributed by atoms with van der Waals surface area (Å²) in [6.45, 7) is 12.3. The quantitative estimate of drug-likeness (QED) is 0.715. The number of piperazine rings is 1. The summed E-state index contributed by atoms with van der Waals surface area (Å²) in [6, 6.07) is 20.0. The van der Waals surface area contributed by atoms with E-state index in [1.54, 1.807) is 0 Å². The minimum atomic E-state index is 0. The number of benzene rings is 2. The third-order valence-electron chi connectivity index (χ3n) is 4.90. The predicted octanol–water partition coefficient (Wildman–Crippen LogP) is 5.13. The Kier molecular flexibility index (Phi) is 9.61. The number of nitrogens with one attached hydrogen (secondary N) is 2. The highest BCUT2D eigenvalue weighted by atomic mass is 35.5. The number of anilines is 1. The van der Waals surface area contributed by atoms with Crippen LogP contribution in [0.2, 0.25) is 0 Å². The minimum Gasteiger partial charge on any atom is -0.381 e. The first kappa shape index (κ1) is 23.8. The van der Waals surface area contributed by atoms with Gasteiger partial charge in [0.05, 0.1) is 0 Å². The van der Waals surface area contributed by atoms with E-state index < -0.39 is 0 Å². The standard InChI is InChI=1S/C22H31N3.2ClH/c1-22(2,3)21(25-15-13-23-14-16-25)19-9-11-20(12-10-19)24-17-18-7-5-4-6-8-18;;/h4-12,21,23-24H,13-17H2,1-3H3;2*1H/t21-;;/m0../s1. The third-order valence-corrected chi connectivity index (χ3v) is 4.90. The molecule has 1 atom stereocenters. The fourth-order valence-corrected chi connectivity index (χ4v) is 3.78. The molecule has 0 radical (unpaired) electrons. The lowest BCUT2D eigenvalue weighted by Crippen LogP contribution is -2.48. The van der Waals surface area contributed by atoms with Crippen molar-refractivity contribution in [2.75, 3.05) is 31.5 Å². The molecule has 27 heavy (non-hydrogen) atoms. The lowest BCUT2D eigenvalue weighted by molar-refractivity contribution is 0.0862. The lowest BCUT2D eigenvalue weighted by atomic mass is 9.81. The highest BCUT2D eigenvalue weighted by Gasteiger charge is 2.32. The zero-order valence-corrected chi connectivity index (χ0v) is 18.2. The zero-order valence-electron chi connectivity index (χ0n) is 16.6. The lowest BCUT2D eigenvalue weighted by Gasteiger charge is -2.42. The van der Waals surface area contributed by atoms with Gasteiger partial charge in [-0.25, -0.2) is 0 Å². The van der Waals surface area contributed by atoms with Gasteiger partial charge in [0, 0.05) is 44.5 Å². The largest absolute Gasteiger partial charge is 0.381 e. The van der Waals surface area contributed by atoms with Crippen LogP contribution >= 0.6 is 24.8 Å². The van der Waals surface area contributed by atoms with Crippen LogP contribution in [0, 0.1) is 5.41 Å². The molecule has 1 heterocycles. The van der Waals surface area contributed by atoms with Gasteiger partial charge in [-0.15, -0.1) is 24.8 Å². The molecular weight excluding hydrogens is 377 g/mol. The molecule has 3 rings (SSSR count). The van der Waals surface area contributed by atoms with E-state index in [1.165, 1.54) is 16.8 Å². The first-order chi connectivity index (χ1) is 12.0. The summed E-state index contributed by atoms with van der Waals surface area (Å²) in [4.78, 5) is 2.63. The van der Waals surface area contributed by atoms with Crippen LogP contribution in [0.5, 0.6) is 0 Å². The second-order valence-corrected chi connectivity index (χ2v) is 8.02. The van der Waals surface area contributed by atoms with E-state index in [0.29, 0.717) is 6.04 Å². The van der Waals surface area contributed by atoms with Gasteiger partial charge in [-0.05, 0) is 28.7 Å². The van der Waals surface area contributed by atoms with E-state index in [4.69, 9.17) is 0 Å². The fourth-order valence-electron chi connectivity index (χ4n) is 3.78. The van der Waals surface area contributed by atoms with Gasteiger partial charge in [0.25, 0.3) is 0 Å². The van der Waals surface area contributed by atoms with Crippen LogP contribution in [0.15, 0.2) is 54.6 Å². The average molecular weight is 410 g/mol. The Morgan fingerprint density at radius 3 is 2.07 bits per heavy atom. The number of rotatable bonds is 5. The van der Waals surface area contributed by atoms with Crippen LogP contribution in [0.3, 0.4) is 0 Å². The molecule has 0 amide bonds. The van der Waals surface area contributed by atoms with Gasteiger partial charge < -0.3 is 10.6 Å². The molecule has 5 heteroatoms. The molecule has 1 fully saturated rings. The van der Waals surface area contributed by atoms with Gasteiger partial charge in [-0.1, -0.05) is 63.2 Å². The maximum Gasteiger partial charge on any atom is 0.0400 e. The number of nitrogens with zero attached hydrogens (tertiary/aromatic N) is 1. The summed E-state index contributed by atoms with van der Waals surface area (Å²) < 4.78 is 0. The number of hydrogen-bond donors (Lipinski definition) is 2. The van der Waals surface area contributed by atoms with Crippen molar-refractivity contribution >= 4 is 30.5 Å². The highest BCUT2D eigenvalue weighted by molar-refractivity contribution is 5.85. The number of hydrogen-bond acceptors (Lipinski definition) is 3. The molecule has 1 saturated heterocycles. The maximum atomic E-state index is 3.52. The second-order valence-electron chi connectivity index (χ2n) is 8.02. The van der Waals surface area contributed by atoms with Crippen molar-refractivity contribution in [2.24, 2.45) is 5.41 Å². The summed E-state index contributed by atoms with van der Waals surface area (Å²) in [5.74, 6) is 0. The van der Waals surface area contributed by atoms with Crippen molar-refractivity contribution in [1.82, 2.24) is 10.2 Å². The molecule has 1 aliphatic rings. The fraction of sp³-hybridized carbons (Fsp3) is 0.455. The van der Waals surface area contributed by atoms with Crippen molar-refractivity contribution in [3.05, 3.63) is 65.7 Å². The average Bonchev–Trinajstić information content (AvgIpc) is 2.62. The summed E-state index contributed by atoms with van der Waals surface area (Å²) in [7, 11) is 0. The number of halogens is 2. The molecule has 3 nitrogen and oxygen atoms in total. The van der Waals surface area contributed by atoms with Gasteiger partial charge >= 0.3 is 0 Å². The monoisotopic (exact) mass is 409 g/mol. The summed E-state index contributed by atoms with van der Waals surface area (Å²) in [6.07, 6.45) is 0. The Bertz CT molecular complexity index is 648. The molecule has 2 N–H and O–H groups in total. The van der Waals surface area contributed by atoms with Gasteiger partial charge in [0.2, 0.25) is 0 Å². The van der Waals surface area contributed by atoms with E-state index in [2.05, 4.69) is 90.9 Å². The molecule has 0 aromatic heterocycles. The van der Waals surface area contributed by atoms with Crippen LogP contribution < -0.4 is 10.6 Å². The SMILES string of the molecule is CC(C)(C)[C@H](c1ccc(NCc2ccccc2)cc1)N1CCNCC1.Cl.Cl. The molecular formula is C22H33Cl2N3. The third kappa shape index (κ3) is 6.69. The van der Waals surface area contributed by atoms with Gasteiger partial charge in [0.1, 0.15) is 0 Å². The van der Waals surface area contributed by atoms with Crippen molar-refractivity contribution in [3.63, 3.8) is 0 Å². The molecule has 2 aromatic rings. The summed E-state index contributed by atoms with van der Waals surface area (Å²) >= 11 is 0. The Morgan fingerprint density at radius 2 is 1.52 bits per heavy atom. The summed E-state index contributed by atoms with van der Waals surface area (Å²) in [5.41, 5.74) is 4.12. The first-order valence-corrected chi connectivity index (χ1v) is 9.36. The normalized spacial score (nSPS) is 16.0. The van der Waals surface area contributed by atoms with Crippen molar-refractivity contribution in [1.29, 1.82) is 0 Å². The second kappa shape index (κ2) is 10.9. The van der Waals surface area contributed by atoms with Gasteiger partial charge in [0.15, 0.2) is 0 Å². The van der Waals surface area contributed by atoms with E-state index in [1.807, 2.05) is 0 Å². The minimum absolute atomic E-state index is 0. The Labute approximate surface area is 176 Å². The Hall–Kier alpha value is -1.26. The topological polar surface area (TPSA) is 27.3 Å². The van der Waals surface area contributed by atoms with Crippen LogP contribution in [0.1, 0.15) is 37.9 Å². The van der Waals surface area contributed by atoms with Crippen LogP contribution in [-0.4, -0.2) is 31.1 Å². The molecule has 0 bridgehead atoms. The molecule has 0 unspecified atom stereocenters. The zero-order chi connectivity index (χ0) is 17.7. The van der Waals surface area contributed by atoms with Crippen molar-refractivity contribution in [2.45, 2.75) is 33.4 Å². The molecule has 1 aliphatic heterocycles. The Balaban J connectivity index is 0.00000182. The van der Waals surface area contributed by atoms with E-state index in [0.717, 1.165) is 32.7 Å². The van der Waals surface area contributed by atoms with Crippen molar-refractivity contribution in [3.8, 4) is 0 Å². The van der Waals surface area contributed by atoms with Crippen molar-refractivity contribution < 1.29 is 0 Å². The Morgan fingerprint density at radius 1 is 0.926 bits per heavy atom. The molecule has 0 aliphatic carbocycles. The first-order valence-electron chi connectivity index (χ1n) is 9.36. The van der Waals surface area contributed by atoms with E-state index in [-0.39, 0.29) is 30.2 Å². The molecule has 0 spiro atoms. The smallest absolute Gasteiger partial charge is 0.0400 e. The summed E-state index contributed by atoms with van der Waals surface area (Å²) in [5, 5.41) is 6.98. The molecule has 2 aromatic carbocycles. The predicted molar refractivity (Wildman–Crippen MR) is 121 cm³/mol. The molecule has 0 saturated carbocycles. The van der Waals surface area contributed by atoms with Gasteiger partial charge in [-0.3, -0.25) is 4.90 Å². The van der Waals surface area contributed by atoms with Crippen LogP contribution in [0.4, 0.5) is 5.69 Å². The highest BCUT2D eigenvalue weighted by Crippen LogP contribution is 2.38. The van der Waals surface area contributed by atoms with Crippen LogP contribution in [0.25, 0.3) is 0 Å². The van der Waals surface area contributed by atoms with E-state index in [9.17, 15) is 0 Å². The molecule has 150 valence electrons.